The van der Waals surface area contributed by atoms with Crippen LogP contribution in [-0.4, -0.2) is 17.5 Å². The number of hydrogen-bond donors (Lipinski definition) is 0. The Morgan fingerprint density at radius 2 is 1.64 bits per heavy atom. The van der Waals surface area contributed by atoms with Crippen LogP contribution in [0, 0.1) is 11.8 Å². The van der Waals surface area contributed by atoms with Crippen molar-refractivity contribution in [3.8, 4) is 0 Å². The highest BCUT2D eigenvalue weighted by Gasteiger charge is 2.53. The van der Waals surface area contributed by atoms with Gasteiger partial charge >= 0.3 is 6.18 Å². The monoisotopic (exact) mass is 344 g/mol. The Morgan fingerprint density at radius 1 is 1.05 bits per heavy atom. The first-order chi connectivity index (χ1) is 10.1. The van der Waals surface area contributed by atoms with Crippen LogP contribution in [0.25, 0.3) is 0 Å². The van der Waals surface area contributed by atoms with E-state index in [4.69, 9.17) is 0 Å². The molecule has 0 N–H and O–H groups in total. The van der Waals surface area contributed by atoms with Gasteiger partial charge in [-0.15, -0.1) is 0 Å². The summed E-state index contributed by atoms with van der Waals surface area (Å²) in [5.74, 6) is -1.76. The van der Waals surface area contributed by atoms with Crippen LogP contribution in [0.5, 0.6) is 0 Å². The SMILES string of the molecule is O=P([O-])([O-])C1(CC(F)(F)F)CCCCC1C1CCCCC1F. The van der Waals surface area contributed by atoms with Gasteiger partial charge in [0.2, 0.25) is 0 Å². The van der Waals surface area contributed by atoms with Crippen LogP contribution < -0.4 is 9.79 Å². The molecule has 2 aliphatic rings. The molecule has 130 valence electrons. The molecule has 0 bridgehead atoms. The third-order valence-corrected chi connectivity index (χ3v) is 7.17. The summed E-state index contributed by atoms with van der Waals surface area (Å²) in [5, 5.41) is -2.37. The average Bonchev–Trinajstić information content (AvgIpc) is 2.37. The van der Waals surface area contributed by atoms with Gasteiger partial charge in [0.15, 0.2) is 0 Å². The highest BCUT2D eigenvalue weighted by atomic mass is 31.2. The standard InChI is InChI=1S/C14H23F4O3P/c15-12-7-2-1-5-10(12)11-6-3-4-8-13(11,22(19,20)21)9-14(16,17)18/h10-12H,1-9H2,(H2,19,20,21)/p-2. The molecule has 0 spiro atoms. The fourth-order valence-corrected chi connectivity index (χ4v) is 5.96. The molecule has 0 amide bonds. The van der Waals surface area contributed by atoms with E-state index < -0.39 is 43.4 Å². The molecule has 0 aromatic carbocycles. The maximum atomic E-state index is 14.2. The lowest BCUT2D eigenvalue weighted by atomic mass is 9.65. The highest BCUT2D eigenvalue weighted by molar-refractivity contribution is 7.50. The second-order valence-electron chi connectivity index (χ2n) is 6.71. The predicted molar refractivity (Wildman–Crippen MR) is 69.8 cm³/mol. The minimum atomic E-state index is -5.50. The Hall–Kier alpha value is -0.130. The fraction of sp³-hybridized carbons (Fsp3) is 1.00. The minimum Gasteiger partial charge on any atom is -0.810 e. The Balaban J connectivity index is 2.40. The summed E-state index contributed by atoms with van der Waals surface area (Å²) in [4.78, 5) is 23.6. The van der Waals surface area contributed by atoms with Crippen molar-refractivity contribution in [1.82, 2.24) is 0 Å². The first-order valence-corrected chi connectivity index (χ1v) is 9.34. The molecule has 2 saturated carbocycles. The predicted octanol–water partition coefficient (Wildman–Crippen LogP) is 3.31. The summed E-state index contributed by atoms with van der Waals surface area (Å²) >= 11 is 0. The Morgan fingerprint density at radius 3 is 2.18 bits per heavy atom. The third-order valence-electron chi connectivity index (χ3n) is 5.37. The van der Waals surface area contributed by atoms with Crippen LogP contribution in [0.15, 0.2) is 0 Å². The second kappa shape index (κ2) is 6.40. The molecule has 0 heterocycles. The number of hydrogen-bond acceptors (Lipinski definition) is 3. The lowest BCUT2D eigenvalue weighted by Gasteiger charge is -2.59. The van der Waals surface area contributed by atoms with E-state index in [1.807, 2.05) is 0 Å². The molecule has 2 aliphatic carbocycles. The summed E-state index contributed by atoms with van der Waals surface area (Å²) in [6, 6.07) is 0. The van der Waals surface area contributed by atoms with Crippen LogP contribution in [-0.2, 0) is 4.57 Å². The van der Waals surface area contributed by atoms with E-state index in [9.17, 15) is 31.9 Å². The van der Waals surface area contributed by atoms with Gasteiger partial charge in [0.25, 0.3) is 0 Å². The van der Waals surface area contributed by atoms with Gasteiger partial charge in [0.05, 0.1) is 6.42 Å². The van der Waals surface area contributed by atoms with E-state index in [1.54, 1.807) is 0 Å². The van der Waals surface area contributed by atoms with Crippen molar-refractivity contribution in [3.05, 3.63) is 0 Å². The molecular weight excluding hydrogens is 323 g/mol. The van der Waals surface area contributed by atoms with E-state index in [1.165, 1.54) is 0 Å². The van der Waals surface area contributed by atoms with Gasteiger partial charge in [-0.25, -0.2) is 4.39 Å². The van der Waals surface area contributed by atoms with Crippen molar-refractivity contribution < 1.29 is 31.9 Å². The fourth-order valence-electron chi connectivity index (χ4n) is 4.43. The Kier molecular flexibility index (Phi) is 5.30. The smallest absolute Gasteiger partial charge is 0.390 e. The lowest BCUT2D eigenvalue weighted by molar-refractivity contribution is -0.327. The maximum Gasteiger partial charge on any atom is 0.390 e. The van der Waals surface area contributed by atoms with E-state index in [0.29, 0.717) is 25.7 Å². The Bertz CT molecular complexity index is 436. The Labute approximate surface area is 127 Å². The van der Waals surface area contributed by atoms with E-state index in [2.05, 4.69) is 0 Å². The molecule has 0 aromatic rings. The van der Waals surface area contributed by atoms with Crippen molar-refractivity contribution in [2.45, 2.75) is 75.3 Å². The third kappa shape index (κ3) is 3.68. The van der Waals surface area contributed by atoms with Gasteiger partial charge in [-0.3, -0.25) is 0 Å². The molecule has 22 heavy (non-hydrogen) atoms. The van der Waals surface area contributed by atoms with Gasteiger partial charge < -0.3 is 14.4 Å². The molecule has 0 aromatic heterocycles. The maximum absolute atomic E-state index is 14.2. The first kappa shape index (κ1) is 18.2. The average molecular weight is 344 g/mol. The zero-order valence-corrected chi connectivity index (χ0v) is 13.2. The summed E-state index contributed by atoms with van der Waals surface area (Å²) in [6.45, 7) is 0. The molecular formula is C14H21F4O3P-2. The highest BCUT2D eigenvalue weighted by Crippen LogP contribution is 2.62. The zero-order valence-electron chi connectivity index (χ0n) is 12.3. The van der Waals surface area contributed by atoms with Crippen LogP contribution in [0.3, 0.4) is 0 Å². The van der Waals surface area contributed by atoms with E-state index >= 15 is 0 Å². The van der Waals surface area contributed by atoms with Crippen LogP contribution in [0.4, 0.5) is 17.6 Å². The molecule has 0 saturated heterocycles. The van der Waals surface area contributed by atoms with Crippen molar-refractivity contribution in [3.63, 3.8) is 0 Å². The van der Waals surface area contributed by atoms with Crippen LogP contribution in [0.1, 0.15) is 57.8 Å². The summed E-state index contributed by atoms with van der Waals surface area (Å²) in [6.07, 6.45) is -5.06. The normalized spacial score (nSPS) is 38.0. The van der Waals surface area contributed by atoms with Crippen molar-refractivity contribution >= 4 is 7.60 Å². The summed E-state index contributed by atoms with van der Waals surface area (Å²) in [5.41, 5.74) is 0. The second-order valence-corrected chi connectivity index (χ2v) is 8.60. The summed E-state index contributed by atoms with van der Waals surface area (Å²) in [7, 11) is -5.50. The number of halogens is 4. The topological polar surface area (TPSA) is 63.2 Å². The van der Waals surface area contributed by atoms with Gasteiger partial charge in [-0.2, -0.15) is 13.2 Å². The summed E-state index contributed by atoms with van der Waals surface area (Å²) < 4.78 is 64.9. The molecule has 0 radical (unpaired) electrons. The van der Waals surface area contributed by atoms with Crippen LogP contribution in [0.2, 0.25) is 0 Å². The number of alkyl halides is 4. The molecule has 3 nitrogen and oxygen atoms in total. The quantitative estimate of drug-likeness (QED) is 0.583. The van der Waals surface area contributed by atoms with Gasteiger partial charge in [-0.05, 0) is 37.5 Å². The minimum absolute atomic E-state index is 0.190. The van der Waals surface area contributed by atoms with Crippen molar-refractivity contribution in [1.29, 1.82) is 0 Å². The first-order valence-electron chi connectivity index (χ1n) is 7.80. The van der Waals surface area contributed by atoms with Gasteiger partial charge in [0.1, 0.15) is 6.17 Å². The largest absolute Gasteiger partial charge is 0.810 e. The molecule has 2 fully saturated rings. The number of rotatable bonds is 3. The lowest BCUT2D eigenvalue weighted by Crippen LogP contribution is -2.53. The molecule has 4 atom stereocenters. The molecule has 8 heteroatoms. The van der Waals surface area contributed by atoms with Gasteiger partial charge in [0, 0.05) is 5.16 Å². The van der Waals surface area contributed by atoms with Crippen LogP contribution >= 0.6 is 7.60 Å². The zero-order chi connectivity index (χ0) is 16.6. The molecule has 2 rings (SSSR count). The van der Waals surface area contributed by atoms with E-state index in [-0.39, 0.29) is 25.7 Å². The molecule has 4 unspecified atom stereocenters. The van der Waals surface area contributed by atoms with Crippen molar-refractivity contribution in [2.24, 2.45) is 11.8 Å². The molecule has 0 aliphatic heterocycles. The van der Waals surface area contributed by atoms with E-state index in [0.717, 1.165) is 0 Å². The van der Waals surface area contributed by atoms with Gasteiger partial charge in [-0.1, -0.05) is 33.3 Å². The van der Waals surface area contributed by atoms with Crippen molar-refractivity contribution in [2.75, 3.05) is 0 Å².